The van der Waals surface area contributed by atoms with Gasteiger partial charge in [-0.05, 0) is 12.1 Å². The average molecular weight is 206 g/mol. The lowest BCUT2D eigenvalue weighted by atomic mass is 10.1. The normalized spacial score (nSPS) is 9.33. The first kappa shape index (κ1) is 11.0. The van der Waals surface area contributed by atoms with Crippen molar-refractivity contribution in [3.63, 3.8) is 0 Å². The lowest BCUT2D eigenvalue weighted by Crippen LogP contribution is -2.03. The van der Waals surface area contributed by atoms with Crippen molar-refractivity contribution in [1.29, 1.82) is 0 Å². The van der Waals surface area contributed by atoms with Crippen LogP contribution in [0.3, 0.4) is 0 Å². The van der Waals surface area contributed by atoms with E-state index in [4.69, 9.17) is 16.9 Å². The minimum atomic E-state index is -0.479. The average Bonchev–Trinajstić information content (AvgIpc) is 2.25. The molecule has 0 spiro atoms. The lowest BCUT2D eigenvalue weighted by Gasteiger charge is -2.04. The Kier molecular flexibility index (Phi) is 3.66. The van der Waals surface area contributed by atoms with E-state index >= 15 is 0 Å². The second-order valence-electron chi connectivity index (χ2n) is 2.74. The maximum atomic E-state index is 10.6. The van der Waals surface area contributed by atoms with Crippen molar-refractivity contribution in [1.82, 2.24) is 0 Å². The van der Waals surface area contributed by atoms with Gasteiger partial charge in [0.1, 0.15) is 12.4 Å². The molecule has 0 saturated heterocycles. The van der Waals surface area contributed by atoms with Crippen LogP contribution < -0.4 is 10.5 Å². The third kappa shape index (κ3) is 2.69. The Morgan fingerprint density at radius 2 is 2.33 bits per heavy atom. The van der Waals surface area contributed by atoms with Crippen LogP contribution in [0.5, 0.6) is 5.75 Å². The maximum absolute atomic E-state index is 10.6. The summed E-state index contributed by atoms with van der Waals surface area (Å²) in [5.74, 6) is 2.79. The Hall–Kier alpha value is -2.06. The molecule has 0 unspecified atom stereocenters. The lowest BCUT2D eigenvalue weighted by molar-refractivity contribution is -0.385. The summed E-state index contributed by atoms with van der Waals surface area (Å²) >= 11 is 0. The van der Waals surface area contributed by atoms with Gasteiger partial charge in [0.05, 0.1) is 4.92 Å². The van der Waals surface area contributed by atoms with Gasteiger partial charge in [0.15, 0.2) is 0 Å². The molecule has 15 heavy (non-hydrogen) atoms. The van der Waals surface area contributed by atoms with E-state index in [2.05, 4.69) is 5.92 Å². The first-order valence-corrected chi connectivity index (χ1v) is 4.22. The van der Waals surface area contributed by atoms with E-state index in [-0.39, 0.29) is 18.8 Å². The van der Waals surface area contributed by atoms with Crippen LogP contribution in [0.1, 0.15) is 5.56 Å². The SMILES string of the molecule is C#CCOc1ccc([N+](=O)[O-])c(CN)c1. The monoisotopic (exact) mass is 206 g/mol. The number of hydrogen-bond donors (Lipinski definition) is 1. The Morgan fingerprint density at radius 1 is 1.60 bits per heavy atom. The predicted octanol–water partition coefficient (Wildman–Crippen LogP) is 1.07. The highest BCUT2D eigenvalue weighted by molar-refractivity contribution is 5.45. The van der Waals surface area contributed by atoms with Crippen molar-refractivity contribution in [2.45, 2.75) is 6.54 Å². The summed E-state index contributed by atoms with van der Waals surface area (Å²) in [6.45, 7) is 0.214. The predicted molar refractivity (Wildman–Crippen MR) is 55.3 cm³/mol. The molecule has 0 radical (unpaired) electrons. The van der Waals surface area contributed by atoms with E-state index in [1.807, 2.05) is 0 Å². The molecule has 5 heteroatoms. The van der Waals surface area contributed by atoms with E-state index in [0.717, 1.165) is 0 Å². The smallest absolute Gasteiger partial charge is 0.274 e. The quantitative estimate of drug-likeness (QED) is 0.454. The largest absolute Gasteiger partial charge is 0.481 e. The Labute approximate surface area is 87.0 Å². The third-order valence-corrected chi connectivity index (χ3v) is 1.79. The summed E-state index contributed by atoms with van der Waals surface area (Å²) in [4.78, 5) is 10.1. The zero-order valence-corrected chi connectivity index (χ0v) is 7.97. The highest BCUT2D eigenvalue weighted by atomic mass is 16.6. The van der Waals surface area contributed by atoms with Crippen molar-refractivity contribution < 1.29 is 9.66 Å². The highest BCUT2D eigenvalue weighted by Gasteiger charge is 2.12. The van der Waals surface area contributed by atoms with Crippen LogP contribution in [-0.4, -0.2) is 11.5 Å². The Bertz CT molecular complexity index is 410. The molecule has 0 amide bonds. The minimum Gasteiger partial charge on any atom is -0.481 e. The molecule has 5 nitrogen and oxygen atoms in total. The van der Waals surface area contributed by atoms with Gasteiger partial charge in [-0.2, -0.15) is 0 Å². The molecule has 0 aromatic heterocycles. The fourth-order valence-electron chi connectivity index (χ4n) is 1.12. The molecule has 1 aromatic rings. The van der Waals surface area contributed by atoms with Crippen LogP contribution in [0.4, 0.5) is 5.69 Å². The molecule has 0 heterocycles. The molecule has 0 bridgehead atoms. The summed E-state index contributed by atoms with van der Waals surface area (Å²) in [6, 6.07) is 4.37. The number of nitro groups is 1. The van der Waals surface area contributed by atoms with Gasteiger partial charge >= 0.3 is 0 Å². The molecular formula is C10H10N2O3. The second-order valence-corrected chi connectivity index (χ2v) is 2.74. The summed E-state index contributed by atoms with van der Waals surface area (Å²) in [6.07, 6.45) is 5.02. The molecule has 0 saturated carbocycles. The van der Waals surface area contributed by atoms with Gasteiger partial charge in [-0.15, -0.1) is 6.42 Å². The van der Waals surface area contributed by atoms with Crippen LogP contribution in [0, 0.1) is 22.5 Å². The highest BCUT2D eigenvalue weighted by Crippen LogP contribution is 2.23. The van der Waals surface area contributed by atoms with Gasteiger partial charge in [0, 0.05) is 18.2 Å². The molecular weight excluding hydrogens is 196 g/mol. The van der Waals surface area contributed by atoms with Crippen molar-refractivity contribution in [2.75, 3.05) is 6.61 Å². The van der Waals surface area contributed by atoms with Gasteiger partial charge in [-0.3, -0.25) is 10.1 Å². The first-order valence-electron chi connectivity index (χ1n) is 4.22. The van der Waals surface area contributed by atoms with Crippen molar-refractivity contribution >= 4 is 5.69 Å². The topological polar surface area (TPSA) is 78.4 Å². The van der Waals surface area contributed by atoms with E-state index in [1.54, 1.807) is 0 Å². The maximum Gasteiger partial charge on any atom is 0.274 e. The molecule has 2 N–H and O–H groups in total. The first-order chi connectivity index (χ1) is 7.19. The van der Waals surface area contributed by atoms with Crippen molar-refractivity contribution in [3.05, 3.63) is 33.9 Å². The number of nitrogens with zero attached hydrogens (tertiary/aromatic N) is 1. The van der Waals surface area contributed by atoms with Crippen LogP contribution in [0.15, 0.2) is 18.2 Å². The third-order valence-electron chi connectivity index (χ3n) is 1.79. The molecule has 0 fully saturated rings. The summed E-state index contributed by atoms with van der Waals surface area (Å²) < 4.78 is 5.12. The number of hydrogen-bond acceptors (Lipinski definition) is 4. The summed E-state index contributed by atoms with van der Waals surface area (Å²) in [7, 11) is 0. The number of terminal acetylenes is 1. The van der Waals surface area contributed by atoms with Gasteiger partial charge in [-0.25, -0.2) is 0 Å². The van der Waals surface area contributed by atoms with Gasteiger partial charge in [0.25, 0.3) is 5.69 Å². The number of rotatable bonds is 4. The number of benzene rings is 1. The molecule has 0 aliphatic carbocycles. The minimum absolute atomic E-state index is 0.00874. The van der Waals surface area contributed by atoms with E-state index in [9.17, 15) is 10.1 Å². The molecule has 1 rings (SSSR count). The van der Waals surface area contributed by atoms with Crippen LogP contribution in [0.2, 0.25) is 0 Å². The second kappa shape index (κ2) is 4.98. The Balaban J connectivity index is 2.98. The van der Waals surface area contributed by atoms with Crippen molar-refractivity contribution in [2.24, 2.45) is 5.73 Å². The van der Waals surface area contributed by atoms with Gasteiger partial charge < -0.3 is 10.5 Å². The van der Waals surface area contributed by atoms with Crippen LogP contribution >= 0.6 is 0 Å². The molecule has 0 atom stereocenters. The zero-order valence-electron chi connectivity index (χ0n) is 7.97. The summed E-state index contributed by atoms with van der Waals surface area (Å²) in [5.41, 5.74) is 5.80. The molecule has 0 aliphatic rings. The Morgan fingerprint density at radius 3 is 2.87 bits per heavy atom. The van der Waals surface area contributed by atoms with Crippen LogP contribution in [-0.2, 0) is 6.54 Å². The molecule has 1 aromatic carbocycles. The van der Waals surface area contributed by atoms with E-state index < -0.39 is 4.92 Å². The fraction of sp³-hybridized carbons (Fsp3) is 0.200. The standard InChI is InChI=1S/C10H10N2O3/c1-2-5-15-9-3-4-10(12(13)14)8(6-9)7-11/h1,3-4,6H,5,7,11H2. The van der Waals surface area contributed by atoms with Crippen LogP contribution in [0.25, 0.3) is 0 Å². The zero-order chi connectivity index (χ0) is 11.3. The van der Waals surface area contributed by atoms with Gasteiger partial charge in [-0.1, -0.05) is 5.92 Å². The summed E-state index contributed by atoms with van der Waals surface area (Å²) in [5, 5.41) is 10.6. The van der Waals surface area contributed by atoms with Crippen molar-refractivity contribution in [3.8, 4) is 18.1 Å². The fourth-order valence-corrected chi connectivity index (χ4v) is 1.12. The van der Waals surface area contributed by atoms with E-state index in [1.165, 1.54) is 18.2 Å². The number of nitrogens with two attached hydrogens (primary N) is 1. The van der Waals surface area contributed by atoms with E-state index in [0.29, 0.717) is 11.3 Å². The van der Waals surface area contributed by atoms with Gasteiger partial charge in [0.2, 0.25) is 0 Å². The molecule has 0 aliphatic heterocycles. The molecule has 78 valence electrons. The number of nitro benzene ring substituents is 1. The number of ether oxygens (including phenoxy) is 1.